The Balaban J connectivity index is 0.000000390. The molecule has 3 aromatic carbocycles. The minimum absolute atomic E-state index is 0.223. The smallest absolute Gasteiger partial charge is 0.462 e. The highest BCUT2D eigenvalue weighted by Gasteiger charge is 2.40. The number of ether oxygens (including phenoxy) is 1. The SMILES string of the molecule is COC(=O)C(F)(F)F.NC(=S)/[NH+]=C(\Nc1cccc(-c2ccccc2)c1)c1ccccc1. The first kappa shape index (κ1) is 24.5. The lowest BCUT2D eigenvalue weighted by Crippen LogP contribution is -2.81. The highest BCUT2D eigenvalue weighted by molar-refractivity contribution is 7.79. The second-order valence-electron chi connectivity index (χ2n) is 6.29. The lowest BCUT2D eigenvalue weighted by Gasteiger charge is -2.08. The maximum Gasteiger partial charge on any atom is 0.490 e. The summed E-state index contributed by atoms with van der Waals surface area (Å²) in [6.45, 7) is 0. The Hall–Kier alpha value is -3.72. The van der Waals surface area contributed by atoms with Gasteiger partial charge in [-0.25, -0.2) is 9.79 Å². The predicted octanol–water partition coefficient (Wildman–Crippen LogP) is 3.26. The molecule has 0 saturated heterocycles. The number of carbonyl (C=O) groups is 1. The Morgan fingerprint density at radius 1 is 0.938 bits per heavy atom. The molecule has 32 heavy (non-hydrogen) atoms. The molecule has 166 valence electrons. The predicted molar refractivity (Wildman–Crippen MR) is 122 cm³/mol. The van der Waals surface area contributed by atoms with Crippen molar-refractivity contribution in [1.82, 2.24) is 0 Å². The number of esters is 1. The molecule has 0 unspecified atom stereocenters. The summed E-state index contributed by atoms with van der Waals surface area (Å²) in [6, 6.07) is 28.4. The zero-order valence-electron chi connectivity index (χ0n) is 17.0. The molecule has 0 atom stereocenters. The van der Waals surface area contributed by atoms with Gasteiger partial charge in [-0.3, -0.25) is 5.32 Å². The number of hydrogen-bond acceptors (Lipinski definition) is 3. The quantitative estimate of drug-likeness (QED) is 0.242. The van der Waals surface area contributed by atoms with E-state index in [0.717, 1.165) is 22.6 Å². The molecule has 0 aromatic heterocycles. The number of nitrogens with two attached hydrogens (primary N) is 1. The van der Waals surface area contributed by atoms with E-state index >= 15 is 0 Å². The van der Waals surface area contributed by atoms with Crippen molar-refractivity contribution in [3.05, 3.63) is 90.5 Å². The van der Waals surface area contributed by atoms with E-state index in [1.54, 1.807) is 0 Å². The molecule has 0 aliphatic heterocycles. The first-order valence-electron chi connectivity index (χ1n) is 9.27. The average molecular weight is 461 g/mol. The van der Waals surface area contributed by atoms with Crippen LogP contribution in [0.4, 0.5) is 18.9 Å². The van der Waals surface area contributed by atoms with Gasteiger partial charge in [0.1, 0.15) is 0 Å². The fraction of sp³-hybridized carbons (Fsp3) is 0.0870. The number of alkyl halides is 3. The summed E-state index contributed by atoms with van der Waals surface area (Å²) in [5.74, 6) is -1.41. The van der Waals surface area contributed by atoms with E-state index in [2.05, 4.69) is 39.3 Å². The minimum atomic E-state index is -4.85. The van der Waals surface area contributed by atoms with Gasteiger partial charge in [0.2, 0.25) is 5.84 Å². The lowest BCUT2D eigenvalue weighted by atomic mass is 10.1. The third-order valence-corrected chi connectivity index (χ3v) is 4.07. The van der Waals surface area contributed by atoms with Crippen molar-refractivity contribution in [2.24, 2.45) is 5.73 Å². The highest BCUT2D eigenvalue weighted by atomic mass is 32.1. The largest absolute Gasteiger partial charge is 0.490 e. The van der Waals surface area contributed by atoms with Gasteiger partial charge in [0.25, 0.3) is 5.11 Å². The molecular weight excluding hydrogens is 439 g/mol. The first-order chi connectivity index (χ1) is 15.2. The molecule has 0 amide bonds. The number of methoxy groups -OCH3 is 1. The van der Waals surface area contributed by atoms with Gasteiger partial charge in [0, 0.05) is 5.56 Å². The summed E-state index contributed by atoms with van der Waals surface area (Å²) in [5, 5.41) is 3.60. The number of benzene rings is 3. The van der Waals surface area contributed by atoms with Gasteiger partial charge in [-0.2, -0.15) is 13.2 Å². The van der Waals surface area contributed by atoms with Gasteiger partial charge in [0.05, 0.1) is 12.8 Å². The second kappa shape index (κ2) is 11.6. The van der Waals surface area contributed by atoms with E-state index < -0.39 is 12.1 Å². The number of hydrogen-bond donors (Lipinski definition) is 3. The fourth-order valence-corrected chi connectivity index (χ4v) is 2.67. The van der Waals surface area contributed by atoms with Crippen LogP contribution >= 0.6 is 12.2 Å². The Morgan fingerprint density at radius 2 is 1.50 bits per heavy atom. The minimum Gasteiger partial charge on any atom is -0.462 e. The van der Waals surface area contributed by atoms with E-state index in [4.69, 9.17) is 18.0 Å². The van der Waals surface area contributed by atoms with E-state index in [9.17, 15) is 18.0 Å². The van der Waals surface area contributed by atoms with Gasteiger partial charge < -0.3 is 10.5 Å². The normalized spacial score (nSPS) is 11.1. The van der Waals surface area contributed by atoms with Crippen molar-refractivity contribution in [2.75, 3.05) is 12.4 Å². The van der Waals surface area contributed by atoms with Gasteiger partial charge in [0.15, 0.2) is 0 Å². The summed E-state index contributed by atoms with van der Waals surface area (Å²) < 4.78 is 36.3. The van der Waals surface area contributed by atoms with Gasteiger partial charge in [-0.15, -0.1) is 0 Å². The molecule has 0 bridgehead atoms. The molecule has 0 saturated carbocycles. The standard InChI is InChI=1S/C20H17N3S.C3H3F3O2/c21-20(24)23-19(16-10-5-2-6-11-16)22-18-13-7-12-17(14-18)15-8-3-1-4-9-15;1-8-2(7)3(4,5)6/h1-14H,(H3,21,22,23,24);1H3/p+1. The summed E-state index contributed by atoms with van der Waals surface area (Å²) >= 11 is 5.00. The monoisotopic (exact) mass is 460 g/mol. The number of amidine groups is 1. The van der Waals surface area contributed by atoms with Crippen LogP contribution in [0.25, 0.3) is 11.1 Å². The Kier molecular flexibility index (Phi) is 8.91. The van der Waals surface area contributed by atoms with Gasteiger partial charge >= 0.3 is 12.1 Å². The number of rotatable bonds is 3. The first-order valence-corrected chi connectivity index (χ1v) is 9.68. The van der Waals surface area contributed by atoms with Crippen molar-refractivity contribution in [2.45, 2.75) is 6.18 Å². The van der Waals surface area contributed by atoms with Crippen LogP contribution in [0.5, 0.6) is 0 Å². The van der Waals surface area contributed by atoms with Crippen LogP contribution < -0.4 is 16.0 Å². The summed E-state index contributed by atoms with van der Waals surface area (Å²) in [6.07, 6.45) is -4.85. The topological polar surface area (TPSA) is 78.3 Å². The van der Waals surface area contributed by atoms with Crippen LogP contribution in [0, 0.1) is 0 Å². The van der Waals surface area contributed by atoms with Crippen molar-refractivity contribution >= 4 is 34.8 Å². The maximum atomic E-state index is 11.0. The molecule has 9 heteroatoms. The third kappa shape index (κ3) is 7.84. The number of anilines is 1. The van der Waals surface area contributed by atoms with Crippen LogP contribution in [-0.4, -0.2) is 30.2 Å². The van der Waals surface area contributed by atoms with Crippen molar-refractivity contribution in [3.8, 4) is 11.1 Å². The second-order valence-corrected chi connectivity index (χ2v) is 6.73. The molecule has 0 spiro atoms. The number of carbonyl (C=O) groups excluding carboxylic acids is 1. The van der Waals surface area contributed by atoms with Crippen LogP contribution in [0.1, 0.15) is 5.56 Å². The summed E-state index contributed by atoms with van der Waals surface area (Å²) in [4.78, 5) is 12.5. The van der Waals surface area contributed by atoms with Crippen molar-refractivity contribution in [3.63, 3.8) is 0 Å². The zero-order valence-corrected chi connectivity index (χ0v) is 17.8. The van der Waals surface area contributed by atoms with Crippen molar-refractivity contribution in [1.29, 1.82) is 0 Å². The molecule has 0 fully saturated rings. The van der Waals surface area contributed by atoms with E-state index in [0.29, 0.717) is 7.11 Å². The van der Waals surface area contributed by atoms with Gasteiger partial charge in [-0.05, 0) is 47.6 Å². The Bertz CT molecular complexity index is 1070. The van der Waals surface area contributed by atoms with Crippen LogP contribution in [0.2, 0.25) is 0 Å². The van der Waals surface area contributed by atoms with Crippen molar-refractivity contribution < 1.29 is 27.7 Å². The molecule has 0 aliphatic carbocycles. The molecule has 5 nitrogen and oxygen atoms in total. The van der Waals surface area contributed by atoms with Gasteiger partial charge in [-0.1, -0.05) is 60.7 Å². The maximum absolute atomic E-state index is 11.0. The average Bonchev–Trinajstić information content (AvgIpc) is 2.79. The van der Waals surface area contributed by atoms with Crippen LogP contribution in [-0.2, 0) is 9.53 Å². The number of halogens is 3. The summed E-state index contributed by atoms with van der Waals surface area (Å²) in [7, 11) is 0.676. The molecule has 0 aliphatic rings. The molecular formula is C23H21F3N3O2S+. The van der Waals surface area contributed by atoms with Crippen LogP contribution in [0.3, 0.4) is 0 Å². The molecule has 0 radical (unpaired) electrons. The zero-order chi connectivity index (χ0) is 23.6. The van der Waals surface area contributed by atoms with E-state index in [-0.39, 0.29) is 5.11 Å². The van der Waals surface area contributed by atoms with Crippen LogP contribution in [0.15, 0.2) is 84.9 Å². The molecule has 3 rings (SSSR count). The lowest BCUT2D eigenvalue weighted by molar-refractivity contribution is -0.311. The van der Waals surface area contributed by atoms with E-state index in [1.807, 2.05) is 60.7 Å². The molecule has 4 N–H and O–H groups in total. The number of nitrogens with one attached hydrogen (secondary N) is 2. The number of thiocarbonyl (C=S) groups is 1. The Morgan fingerprint density at radius 3 is 2.00 bits per heavy atom. The molecule has 3 aromatic rings. The Labute approximate surface area is 188 Å². The third-order valence-electron chi connectivity index (χ3n) is 3.97. The molecule has 0 heterocycles. The fourth-order valence-electron chi connectivity index (χ4n) is 2.57. The van der Waals surface area contributed by atoms with E-state index in [1.165, 1.54) is 5.56 Å². The highest BCUT2D eigenvalue weighted by Crippen LogP contribution is 2.22. The summed E-state index contributed by atoms with van der Waals surface area (Å²) in [5.41, 5.74) is 9.92.